The normalized spacial score (nSPS) is 13.2. The van der Waals surface area contributed by atoms with E-state index in [0.717, 1.165) is 17.3 Å². The summed E-state index contributed by atoms with van der Waals surface area (Å²) in [6.45, 7) is 1.61. The fraction of sp³-hybridized carbons (Fsp3) is 0.375. The maximum absolute atomic E-state index is 13.0. The Hall–Kier alpha value is -2.88. The maximum atomic E-state index is 13.0. The Balaban J connectivity index is 1.64. The predicted octanol–water partition coefficient (Wildman–Crippen LogP) is 1.93. The minimum Gasteiger partial charge on any atom is -0.356 e. The number of nitrogens with zero attached hydrogens (tertiary/aromatic N) is 2. The molecule has 0 bridgehead atoms. The molecular weight excluding hydrogens is 442 g/mol. The van der Waals surface area contributed by atoms with Crippen LogP contribution in [0.15, 0.2) is 47.4 Å². The molecule has 0 aromatic heterocycles. The minimum atomic E-state index is -3.89. The molecule has 0 saturated carbocycles. The van der Waals surface area contributed by atoms with Gasteiger partial charge in [-0.25, -0.2) is 12.7 Å². The first kappa shape index (κ1) is 24.8. The van der Waals surface area contributed by atoms with Gasteiger partial charge in [-0.05, 0) is 51.7 Å². The summed E-state index contributed by atoms with van der Waals surface area (Å²) in [6.07, 6.45) is 1.43. The van der Waals surface area contributed by atoms with E-state index in [1.165, 1.54) is 25.2 Å². The van der Waals surface area contributed by atoms with Crippen molar-refractivity contribution in [3.05, 3.63) is 64.7 Å². The Bertz CT molecular complexity index is 1170. The highest BCUT2D eigenvalue weighted by atomic mass is 32.2. The van der Waals surface area contributed by atoms with Crippen LogP contribution in [0.1, 0.15) is 51.1 Å². The summed E-state index contributed by atoms with van der Waals surface area (Å²) >= 11 is 0. The first-order valence-electron chi connectivity index (χ1n) is 10.8. The largest absolute Gasteiger partial charge is 0.356 e. The first-order chi connectivity index (χ1) is 15.6. The second kappa shape index (κ2) is 10.4. The fourth-order valence-corrected chi connectivity index (χ4v) is 4.95. The number of nitrogens with one attached hydrogen (secondary N) is 1. The number of rotatable bonds is 10. The van der Waals surface area contributed by atoms with Crippen LogP contribution in [0.2, 0.25) is 0 Å². The number of sulfonamides is 1. The van der Waals surface area contributed by atoms with E-state index >= 15 is 0 Å². The molecule has 1 amide bonds. The van der Waals surface area contributed by atoms with E-state index in [2.05, 4.69) is 5.32 Å². The van der Waals surface area contributed by atoms with Crippen LogP contribution in [0.4, 0.5) is 0 Å². The Morgan fingerprint density at radius 2 is 1.45 bits per heavy atom. The third-order valence-electron chi connectivity index (χ3n) is 5.59. The molecule has 0 saturated heterocycles. The van der Waals surface area contributed by atoms with Crippen LogP contribution in [-0.4, -0.2) is 75.9 Å². The molecule has 3 rings (SSSR count). The highest BCUT2D eigenvalue weighted by Crippen LogP contribution is 2.29. The molecule has 0 spiro atoms. The summed E-state index contributed by atoms with van der Waals surface area (Å²) in [5.41, 5.74) is 0.883. The lowest BCUT2D eigenvalue weighted by Crippen LogP contribution is -2.31. The third kappa shape index (κ3) is 5.55. The molecule has 2 aromatic rings. The van der Waals surface area contributed by atoms with Crippen LogP contribution < -0.4 is 5.32 Å². The van der Waals surface area contributed by atoms with Gasteiger partial charge < -0.3 is 10.2 Å². The van der Waals surface area contributed by atoms with E-state index in [0.29, 0.717) is 18.5 Å². The Morgan fingerprint density at radius 1 is 0.848 bits per heavy atom. The number of hydrogen-bond acceptors (Lipinski definition) is 6. The van der Waals surface area contributed by atoms with Gasteiger partial charge in [-0.3, -0.25) is 14.4 Å². The maximum Gasteiger partial charge on any atom is 0.242 e. The zero-order valence-electron chi connectivity index (χ0n) is 19.1. The van der Waals surface area contributed by atoms with Gasteiger partial charge in [0.1, 0.15) is 0 Å². The van der Waals surface area contributed by atoms with Crippen molar-refractivity contribution in [2.24, 2.45) is 0 Å². The van der Waals surface area contributed by atoms with Crippen LogP contribution in [0, 0.1) is 0 Å². The summed E-state index contributed by atoms with van der Waals surface area (Å²) in [5, 5.41) is 2.83. The molecule has 176 valence electrons. The Labute approximate surface area is 194 Å². The van der Waals surface area contributed by atoms with Crippen molar-refractivity contribution in [1.82, 2.24) is 14.5 Å². The van der Waals surface area contributed by atoms with Crippen LogP contribution in [0.5, 0.6) is 0 Å². The summed E-state index contributed by atoms with van der Waals surface area (Å²) in [7, 11) is 1.48. The van der Waals surface area contributed by atoms with Crippen LogP contribution >= 0.6 is 0 Å². The molecule has 1 aliphatic carbocycles. The molecule has 0 unspecified atom stereocenters. The molecule has 0 heterocycles. The number of amides is 1. The van der Waals surface area contributed by atoms with E-state index < -0.39 is 10.0 Å². The Kier molecular flexibility index (Phi) is 7.78. The predicted molar refractivity (Wildman–Crippen MR) is 125 cm³/mol. The number of ketones is 2. The second-order valence-corrected chi connectivity index (χ2v) is 10.4. The van der Waals surface area contributed by atoms with E-state index in [4.69, 9.17) is 0 Å². The van der Waals surface area contributed by atoms with Crippen molar-refractivity contribution in [3.63, 3.8) is 0 Å². The summed E-state index contributed by atoms with van der Waals surface area (Å²) < 4.78 is 27.2. The Morgan fingerprint density at radius 3 is 2.09 bits per heavy atom. The quantitative estimate of drug-likeness (QED) is 0.453. The van der Waals surface area contributed by atoms with E-state index in [1.807, 2.05) is 19.0 Å². The van der Waals surface area contributed by atoms with Crippen molar-refractivity contribution in [3.8, 4) is 0 Å². The lowest BCUT2D eigenvalue weighted by Gasteiger charge is -2.20. The number of hydrogen-bond donors (Lipinski definition) is 1. The summed E-state index contributed by atoms with van der Waals surface area (Å²) in [6, 6.07) is 10.5. The van der Waals surface area contributed by atoms with Gasteiger partial charge in [-0.2, -0.15) is 0 Å². The van der Waals surface area contributed by atoms with E-state index in [9.17, 15) is 22.8 Å². The fourth-order valence-electron chi connectivity index (χ4n) is 3.71. The van der Waals surface area contributed by atoms with Crippen molar-refractivity contribution in [2.45, 2.75) is 24.2 Å². The summed E-state index contributed by atoms with van der Waals surface area (Å²) in [4.78, 5) is 39.5. The monoisotopic (exact) mass is 471 g/mol. The van der Waals surface area contributed by atoms with Crippen LogP contribution in [0.3, 0.4) is 0 Å². The van der Waals surface area contributed by atoms with Gasteiger partial charge in [0.2, 0.25) is 15.9 Å². The number of carbonyl (C=O) groups excluding carboxylic acids is 3. The van der Waals surface area contributed by atoms with Gasteiger partial charge in [-0.15, -0.1) is 0 Å². The second-order valence-electron chi connectivity index (χ2n) is 8.35. The molecule has 33 heavy (non-hydrogen) atoms. The molecule has 0 radical (unpaired) electrons. The molecule has 0 fully saturated rings. The van der Waals surface area contributed by atoms with Crippen molar-refractivity contribution >= 4 is 27.5 Å². The topological polar surface area (TPSA) is 104 Å². The highest BCUT2D eigenvalue weighted by Gasteiger charge is 2.31. The third-order valence-corrected chi connectivity index (χ3v) is 7.44. The van der Waals surface area contributed by atoms with Crippen molar-refractivity contribution in [2.75, 3.05) is 40.8 Å². The van der Waals surface area contributed by atoms with E-state index in [-0.39, 0.29) is 52.0 Å². The number of benzene rings is 2. The smallest absolute Gasteiger partial charge is 0.242 e. The lowest BCUT2D eigenvalue weighted by atomic mass is 9.84. The van der Waals surface area contributed by atoms with Crippen molar-refractivity contribution < 1.29 is 22.8 Å². The zero-order chi connectivity index (χ0) is 24.2. The minimum absolute atomic E-state index is 0.0579. The summed E-state index contributed by atoms with van der Waals surface area (Å²) in [5.74, 6) is -0.781. The molecule has 0 aliphatic heterocycles. The standard InChI is InChI=1S/C24H29N3O5S/c1-26(2)14-7-13-25-22(28)10-6-15-27(3)33(31,32)17-11-12-20-21(16-17)24(30)19-9-5-4-8-18(19)23(20)29/h4-5,8-9,11-12,16H,6-7,10,13-15H2,1-3H3,(H,25,28). The number of fused-ring (bicyclic) bond motifs is 2. The van der Waals surface area contributed by atoms with E-state index in [1.54, 1.807) is 24.3 Å². The average Bonchev–Trinajstić information content (AvgIpc) is 2.79. The van der Waals surface area contributed by atoms with Crippen LogP contribution in [0.25, 0.3) is 0 Å². The highest BCUT2D eigenvalue weighted by molar-refractivity contribution is 7.89. The molecule has 0 atom stereocenters. The van der Waals surface area contributed by atoms with Gasteiger partial charge >= 0.3 is 0 Å². The molecule has 8 nitrogen and oxygen atoms in total. The molecular formula is C24H29N3O5S. The van der Waals surface area contributed by atoms with Gasteiger partial charge in [0, 0.05) is 48.8 Å². The molecule has 2 aromatic carbocycles. The molecule has 1 N–H and O–H groups in total. The molecule has 9 heteroatoms. The first-order valence-corrected chi connectivity index (χ1v) is 12.3. The zero-order valence-corrected chi connectivity index (χ0v) is 19.9. The van der Waals surface area contributed by atoms with Gasteiger partial charge in [-0.1, -0.05) is 24.3 Å². The van der Waals surface area contributed by atoms with Gasteiger partial charge in [0.05, 0.1) is 4.90 Å². The number of carbonyl (C=O) groups is 3. The SMILES string of the molecule is CN(C)CCCNC(=O)CCCN(C)S(=O)(=O)c1ccc2c(c1)C(=O)c1ccccc1C2=O. The van der Waals surface area contributed by atoms with Gasteiger partial charge in [0.25, 0.3) is 0 Å². The average molecular weight is 472 g/mol. The van der Waals surface area contributed by atoms with Crippen LogP contribution in [-0.2, 0) is 14.8 Å². The lowest BCUT2D eigenvalue weighted by molar-refractivity contribution is -0.121. The van der Waals surface area contributed by atoms with Gasteiger partial charge in [0.15, 0.2) is 11.6 Å². The van der Waals surface area contributed by atoms with Crippen molar-refractivity contribution in [1.29, 1.82) is 0 Å². The molecule has 1 aliphatic rings.